The monoisotopic (exact) mass is 275 g/mol. The van der Waals surface area contributed by atoms with Crippen molar-refractivity contribution >= 4 is 5.78 Å². The normalized spacial score (nSPS) is 20.6. The first kappa shape index (κ1) is 15.2. The SMILES string of the molecule is Cc1ccc(C)c(C(=O)C(C)N2CCOC(C)(C)C2)c1. The Morgan fingerprint density at radius 2 is 2.05 bits per heavy atom. The zero-order valence-electron chi connectivity index (χ0n) is 13.2. The van der Waals surface area contributed by atoms with Crippen molar-refractivity contribution < 1.29 is 9.53 Å². The van der Waals surface area contributed by atoms with Crippen LogP contribution in [0.5, 0.6) is 0 Å². The van der Waals surface area contributed by atoms with Gasteiger partial charge in [0.15, 0.2) is 5.78 Å². The molecule has 2 rings (SSSR count). The van der Waals surface area contributed by atoms with E-state index in [2.05, 4.69) is 24.8 Å². The number of carbonyl (C=O) groups is 1. The van der Waals surface area contributed by atoms with Gasteiger partial charge in [-0.05, 0) is 46.2 Å². The Kier molecular flexibility index (Phi) is 4.31. The van der Waals surface area contributed by atoms with Crippen molar-refractivity contribution in [2.24, 2.45) is 0 Å². The molecule has 1 unspecified atom stereocenters. The van der Waals surface area contributed by atoms with Crippen LogP contribution >= 0.6 is 0 Å². The van der Waals surface area contributed by atoms with E-state index in [0.29, 0.717) is 6.61 Å². The largest absolute Gasteiger partial charge is 0.373 e. The molecular formula is C17H25NO2. The van der Waals surface area contributed by atoms with E-state index in [1.54, 1.807) is 0 Å². The van der Waals surface area contributed by atoms with Crippen LogP contribution < -0.4 is 0 Å². The van der Waals surface area contributed by atoms with Crippen molar-refractivity contribution in [2.45, 2.75) is 46.3 Å². The first-order chi connectivity index (χ1) is 9.30. The van der Waals surface area contributed by atoms with Gasteiger partial charge in [0.2, 0.25) is 0 Å². The molecule has 1 aliphatic rings. The lowest BCUT2D eigenvalue weighted by molar-refractivity contribution is -0.0915. The van der Waals surface area contributed by atoms with Crippen LogP contribution in [0.3, 0.4) is 0 Å². The fourth-order valence-electron chi connectivity index (χ4n) is 2.78. The van der Waals surface area contributed by atoms with E-state index < -0.39 is 0 Å². The molecule has 20 heavy (non-hydrogen) atoms. The molecule has 0 spiro atoms. The average molecular weight is 275 g/mol. The smallest absolute Gasteiger partial charge is 0.179 e. The molecule has 0 amide bonds. The Labute approximate surface area is 121 Å². The number of rotatable bonds is 3. The number of aryl methyl sites for hydroxylation is 2. The van der Waals surface area contributed by atoms with E-state index in [4.69, 9.17) is 4.74 Å². The molecule has 1 saturated heterocycles. The van der Waals surface area contributed by atoms with Crippen LogP contribution in [0.1, 0.15) is 42.3 Å². The minimum atomic E-state index is -0.172. The van der Waals surface area contributed by atoms with Crippen molar-refractivity contribution in [1.82, 2.24) is 4.90 Å². The Balaban J connectivity index is 2.18. The first-order valence-corrected chi connectivity index (χ1v) is 7.30. The van der Waals surface area contributed by atoms with Crippen LogP contribution in [0.2, 0.25) is 0 Å². The molecule has 1 aromatic rings. The lowest BCUT2D eigenvalue weighted by Crippen LogP contribution is -2.53. The summed E-state index contributed by atoms with van der Waals surface area (Å²) >= 11 is 0. The number of nitrogens with zero attached hydrogens (tertiary/aromatic N) is 1. The standard InChI is InChI=1S/C17H25NO2/c1-12-6-7-13(2)15(10-12)16(19)14(3)18-8-9-20-17(4,5)11-18/h6-7,10,14H,8-9,11H2,1-5H3. The molecule has 1 heterocycles. The van der Waals surface area contributed by atoms with Crippen LogP contribution in [0.25, 0.3) is 0 Å². The van der Waals surface area contributed by atoms with E-state index in [9.17, 15) is 4.79 Å². The molecular weight excluding hydrogens is 250 g/mol. The van der Waals surface area contributed by atoms with Gasteiger partial charge in [-0.1, -0.05) is 17.7 Å². The number of hydrogen-bond acceptors (Lipinski definition) is 3. The van der Waals surface area contributed by atoms with Gasteiger partial charge in [0.1, 0.15) is 0 Å². The molecule has 1 aliphatic heterocycles. The van der Waals surface area contributed by atoms with Crippen molar-refractivity contribution in [3.63, 3.8) is 0 Å². The summed E-state index contributed by atoms with van der Waals surface area (Å²) in [7, 11) is 0. The van der Waals surface area contributed by atoms with Crippen molar-refractivity contribution in [3.8, 4) is 0 Å². The van der Waals surface area contributed by atoms with E-state index in [-0.39, 0.29) is 17.4 Å². The van der Waals surface area contributed by atoms with Crippen molar-refractivity contribution in [1.29, 1.82) is 0 Å². The van der Waals surface area contributed by atoms with Gasteiger partial charge >= 0.3 is 0 Å². The van der Waals surface area contributed by atoms with Gasteiger partial charge in [-0.2, -0.15) is 0 Å². The molecule has 3 heteroatoms. The highest BCUT2D eigenvalue weighted by atomic mass is 16.5. The highest BCUT2D eigenvalue weighted by Gasteiger charge is 2.32. The maximum atomic E-state index is 12.7. The summed E-state index contributed by atoms with van der Waals surface area (Å²) in [6.07, 6.45) is 0. The van der Waals surface area contributed by atoms with Crippen LogP contribution in [-0.4, -0.2) is 42.0 Å². The molecule has 1 fully saturated rings. The lowest BCUT2D eigenvalue weighted by atomic mass is 9.96. The van der Waals surface area contributed by atoms with E-state index in [1.165, 1.54) is 0 Å². The number of carbonyl (C=O) groups excluding carboxylic acids is 1. The Bertz CT molecular complexity index is 508. The average Bonchev–Trinajstić information content (AvgIpc) is 2.38. The number of benzene rings is 1. The van der Waals surface area contributed by atoms with Gasteiger partial charge in [0.05, 0.1) is 18.2 Å². The summed E-state index contributed by atoms with van der Waals surface area (Å²) in [6, 6.07) is 5.98. The molecule has 0 N–H and O–H groups in total. The zero-order chi connectivity index (χ0) is 14.9. The molecule has 1 aromatic carbocycles. The third-order valence-electron chi connectivity index (χ3n) is 4.04. The number of morpholine rings is 1. The summed E-state index contributed by atoms with van der Waals surface area (Å²) in [5.41, 5.74) is 2.87. The molecule has 0 aromatic heterocycles. The highest BCUT2D eigenvalue weighted by Crippen LogP contribution is 2.21. The maximum absolute atomic E-state index is 12.7. The molecule has 1 atom stereocenters. The second-order valence-electron chi connectivity index (χ2n) is 6.44. The van der Waals surface area contributed by atoms with Gasteiger partial charge < -0.3 is 4.74 Å². The predicted octanol–water partition coefficient (Wildman–Crippen LogP) is 2.99. The van der Waals surface area contributed by atoms with Gasteiger partial charge in [-0.3, -0.25) is 9.69 Å². The zero-order valence-corrected chi connectivity index (χ0v) is 13.2. The summed E-state index contributed by atoms with van der Waals surface area (Å²) in [4.78, 5) is 15.0. The lowest BCUT2D eigenvalue weighted by Gasteiger charge is -2.40. The van der Waals surface area contributed by atoms with Crippen molar-refractivity contribution in [3.05, 3.63) is 34.9 Å². The summed E-state index contributed by atoms with van der Waals surface area (Å²) < 4.78 is 5.72. The maximum Gasteiger partial charge on any atom is 0.179 e. The van der Waals surface area contributed by atoms with Gasteiger partial charge in [-0.15, -0.1) is 0 Å². The minimum absolute atomic E-state index is 0.0984. The second-order valence-corrected chi connectivity index (χ2v) is 6.44. The summed E-state index contributed by atoms with van der Waals surface area (Å²) in [5, 5.41) is 0. The van der Waals surface area contributed by atoms with Crippen LogP contribution in [0.15, 0.2) is 18.2 Å². The summed E-state index contributed by atoms with van der Waals surface area (Å²) in [5.74, 6) is 0.212. The molecule has 0 radical (unpaired) electrons. The van der Waals surface area contributed by atoms with E-state index in [1.807, 2.05) is 32.9 Å². The fraction of sp³-hybridized carbons (Fsp3) is 0.588. The number of hydrogen-bond donors (Lipinski definition) is 0. The fourth-order valence-corrected chi connectivity index (χ4v) is 2.78. The molecule has 0 saturated carbocycles. The number of ether oxygens (including phenoxy) is 1. The second kappa shape index (κ2) is 5.66. The minimum Gasteiger partial charge on any atom is -0.373 e. The third kappa shape index (κ3) is 3.28. The van der Waals surface area contributed by atoms with E-state index >= 15 is 0 Å². The predicted molar refractivity (Wildman–Crippen MR) is 81.3 cm³/mol. The van der Waals surface area contributed by atoms with Gasteiger partial charge in [0, 0.05) is 18.7 Å². The Hall–Kier alpha value is -1.19. The molecule has 0 aliphatic carbocycles. The number of Topliss-reactive ketones (excluding diaryl/α,β-unsaturated/α-hetero) is 1. The summed E-state index contributed by atoms with van der Waals surface area (Å²) in [6.45, 7) is 12.5. The molecule has 3 nitrogen and oxygen atoms in total. The molecule has 0 bridgehead atoms. The number of ketones is 1. The van der Waals surface area contributed by atoms with E-state index in [0.717, 1.165) is 29.8 Å². The van der Waals surface area contributed by atoms with Gasteiger partial charge in [-0.25, -0.2) is 0 Å². The van der Waals surface area contributed by atoms with Crippen molar-refractivity contribution in [2.75, 3.05) is 19.7 Å². The third-order valence-corrected chi connectivity index (χ3v) is 4.04. The quantitative estimate of drug-likeness (QED) is 0.794. The topological polar surface area (TPSA) is 29.5 Å². The first-order valence-electron chi connectivity index (χ1n) is 7.30. The Morgan fingerprint density at radius 3 is 2.70 bits per heavy atom. The highest BCUT2D eigenvalue weighted by molar-refractivity contribution is 6.01. The van der Waals surface area contributed by atoms with Crippen LogP contribution in [0.4, 0.5) is 0 Å². The van der Waals surface area contributed by atoms with Crippen LogP contribution in [-0.2, 0) is 4.74 Å². The molecule has 110 valence electrons. The Morgan fingerprint density at radius 1 is 1.35 bits per heavy atom. The van der Waals surface area contributed by atoms with Gasteiger partial charge in [0.25, 0.3) is 0 Å². The van der Waals surface area contributed by atoms with Crippen LogP contribution in [0, 0.1) is 13.8 Å².